The van der Waals surface area contributed by atoms with Crippen molar-refractivity contribution in [1.29, 1.82) is 0 Å². The fraction of sp³-hybridized carbons (Fsp3) is 0.222. The highest BCUT2D eigenvalue weighted by Gasteiger charge is 2.28. The minimum Gasteiger partial charge on any atom is -0.490 e. The van der Waals surface area contributed by atoms with Crippen molar-refractivity contribution in [3.63, 3.8) is 0 Å². The molecule has 0 heterocycles. The molecule has 0 bridgehead atoms. The van der Waals surface area contributed by atoms with Gasteiger partial charge in [-0.15, -0.1) is 6.58 Å². The van der Waals surface area contributed by atoms with E-state index >= 15 is 0 Å². The van der Waals surface area contributed by atoms with Gasteiger partial charge in [0.2, 0.25) is 0 Å². The molecule has 110 valence electrons. The van der Waals surface area contributed by atoms with E-state index in [4.69, 9.17) is 9.47 Å². The maximum Gasteiger partial charge on any atom is 0.136 e. The number of aliphatic hydroxyl groups is 1. The van der Waals surface area contributed by atoms with Gasteiger partial charge in [0.15, 0.2) is 0 Å². The van der Waals surface area contributed by atoms with Gasteiger partial charge in [0.1, 0.15) is 30.3 Å². The largest absolute Gasteiger partial charge is 0.490 e. The van der Waals surface area contributed by atoms with Crippen LogP contribution in [0, 0.1) is 0 Å². The van der Waals surface area contributed by atoms with Crippen molar-refractivity contribution >= 4 is 0 Å². The molecule has 2 aromatic rings. The molecule has 0 aliphatic carbocycles. The highest BCUT2D eigenvalue weighted by Crippen LogP contribution is 2.18. The number of benzene rings is 2. The summed E-state index contributed by atoms with van der Waals surface area (Å²) in [5.41, 5.74) is -1.10. The third-order valence-corrected chi connectivity index (χ3v) is 3.03. The van der Waals surface area contributed by atoms with Crippen LogP contribution in [-0.4, -0.2) is 23.9 Å². The van der Waals surface area contributed by atoms with E-state index in [1.165, 1.54) is 0 Å². The van der Waals surface area contributed by atoms with Crippen LogP contribution in [-0.2, 0) is 0 Å². The number of para-hydroxylation sites is 2. The third-order valence-electron chi connectivity index (χ3n) is 3.03. The predicted molar refractivity (Wildman–Crippen MR) is 83.6 cm³/mol. The second kappa shape index (κ2) is 7.50. The Bertz CT molecular complexity index is 493. The molecule has 2 rings (SSSR count). The first-order chi connectivity index (χ1) is 10.2. The van der Waals surface area contributed by atoms with Gasteiger partial charge in [0.05, 0.1) is 0 Å². The second-order valence-electron chi connectivity index (χ2n) is 4.92. The lowest BCUT2D eigenvalue weighted by Gasteiger charge is -2.27. The normalized spacial score (nSPS) is 10.9. The molecule has 0 aliphatic heterocycles. The van der Waals surface area contributed by atoms with Gasteiger partial charge in [-0.05, 0) is 24.3 Å². The van der Waals surface area contributed by atoms with Crippen LogP contribution in [0.15, 0.2) is 73.3 Å². The summed E-state index contributed by atoms with van der Waals surface area (Å²) in [6.07, 6.45) is 2.06. The van der Waals surface area contributed by atoms with Crippen LogP contribution in [0.3, 0.4) is 0 Å². The molecule has 0 aliphatic rings. The quantitative estimate of drug-likeness (QED) is 0.755. The molecule has 0 radical (unpaired) electrons. The SMILES string of the molecule is C=CCC(O)(COc1ccccc1)COc1ccccc1. The summed E-state index contributed by atoms with van der Waals surface area (Å²) in [4.78, 5) is 0. The Balaban J connectivity index is 1.93. The molecule has 0 spiro atoms. The van der Waals surface area contributed by atoms with Crippen molar-refractivity contribution in [3.05, 3.63) is 73.3 Å². The van der Waals surface area contributed by atoms with Crippen LogP contribution in [0.25, 0.3) is 0 Å². The van der Waals surface area contributed by atoms with Crippen molar-refractivity contribution in [1.82, 2.24) is 0 Å². The summed E-state index contributed by atoms with van der Waals surface area (Å²) in [5, 5.41) is 10.6. The lowest BCUT2D eigenvalue weighted by atomic mass is 10.0. The summed E-state index contributed by atoms with van der Waals surface area (Å²) in [7, 11) is 0. The molecule has 0 saturated carbocycles. The van der Waals surface area contributed by atoms with Gasteiger partial charge < -0.3 is 14.6 Å². The highest BCUT2D eigenvalue weighted by atomic mass is 16.5. The first-order valence-electron chi connectivity index (χ1n) is 6.91. The Morgan fingerprint density at radius 2 is 1.29 bits per heavy atom. The van der Waals surface area contributed by atoms with Gasteiger partial charge in [-0.2, -0.15) is 0 Å². The van der Waals surface area contributed by atoms with Gasteiger partial charge >= 0.3 is 0 Å². The van der Waals surface area contributed by atoms with E-state index in [0.717, 1.165) is 11.5 Å². The predicted octanol–water partition coefficient (Wildman–Crippen LogP) is 3.45. The summed E-state index contributed by atoms with van der Waals surface area (Å²) in [6.45, 7) is 3.98. The zero-order valence-electron chi connectivity index (χ0n) is 11.9. The first kappa shape index (κ1) is 15.1. The number of rotatable bonds is 8. The molecule has 1 N–H and O–H groups in total. The average Bonchev–Trinajstić information content (AvgIpc) is 2.54. The third kappa shape index (κ3) is 4.97. The van der Waals surface area contributed by atoms with E-state index in [-0.39, 0.29) is 13.2 Å². The van der Waals surface area contributed by atoms with E-state index in [2.05, 4.69) is 6.58 Å². The van der Waals surface area contributed by atoms with E-state index in [0.29, 0.717) is 6.42 Å². The van der Waals surface area contributed by atoms with Crippen molar-refractivity contribution in [2.75, 3.05) is 13.2 Å². The molecule has 0 saturated heterocycles. The number of ether oxygens (including phenoxy) is 2. The van der Waals surface area contributed by atoms with Crippen LogP contribution < -0.4 is 9.47 Å². The molecular weight excluding hydrogens is 264 g/mol. The standard InChI is InChI=1S/C18H20O3/c1-2-13-18(19,14-20-16-9-5-3-6-10-16)15-21-17-11-7-4-8-12-17/h2-12,19H,1,13-15H2. The molecule has 0 fully saturated rings. The smallest absolute Gasteiger partial charge is 0.136 e. The number of hydrogen-bond acceptors (Lipinski definition) is 3. The molecule has 3 heteroatoms. The van der Waals surface area contributed by atoms with Crippen molar-refractivity contribution in [3.8, 4) is 11.5 Å². The molecule has 0 amide bonds. The van der Waals surface area contributed by atoms with Crippen LogP contribution in [0.2, 0.25) is 0 Å². The van der Waals surface area contributed by atoms with Crippen molar-refractivity contribution in [2.24, 2.45) is 0 Å². The number of hydrogen-bond donors (Lipinski definition) is 1. The van der Waals surface area contributed by atoms with Crippen LogP contribution in [0.5, 0.6) is 11.5 Å². The van der Waals surface area contributed by atoms with Crippen LogP contribution >= 0.6 is 0 Å². The molecule has 0 unspecified atom stereocenters. The topological polar surface area (TPSA) is 38.7 Å². The molecule has 0 aromatic heterocycles. The van der Waals surface area contributed by atoms with E-state index < -0.39 is 5.60 Å². The van der Waals surface area contributed by atoms with Gasteiger partial charge in [0, 0.05) is 6.42 Å². The Labute approximate surface area is 125 Å². The van der Waals surface area contributed by atoms with Crippen LogP contribution in [0.4, 0.5) is 0 Å². The molecule has 2 aromatic carbocycles. The minimum absolute atomic E-state index is 0.149. The van der Waals surface area contributed by atoms with Crippen molar-refractivity contribution < 1.29 is 14.6 Å². The zero-order valence-corrected chi connectivity index (χ0v) is 11.9. The Kier molecular flexibility index (Phi) is 5.41. The average molecular weight is 284 g/mol. The molecule has 0 atom stereocenters. The molecule has 3 nitrogen and oxygen atoms in total. The van der Waals surface area contributed by atoms with E-state index in [1.54, 1.807) is 6.08 Å². The molecular formula is C18H20O3. The van der Waals surface area contributed by atoms with Gasteiger partial charge in [-0.25, -0.2) is 0 Å². The fourth-order valence-corrected chi connectivity index (χ4v) is 1.90. The van der Waals surface area contributed by atoms with Crippen molar-refractivity contribution in [2.45, 2.75) is 12.0 Å². The Morgan fingerprint density at radius 1 is 0.857 bits per heavy atom. The van der Waals surface area contributed by atoms with Gasteiger partial charge in [-0.1, -0.05) is 42.5 Å². The van der Waals surface area contributed by atoms with Gasteiger partial charge in [-0.3, -0.25) is 0 Å². The lowest BCUT2D eigenvalue weighted by molar-refractivity contribution is -0.0372. The Hall–Kier alpha value is -2.26. The lowest BCUT2D eigenvalue weighted by Crippen LogP contribution is -2.41. The Morgan fingerprint density at radius 3 is 1.67 bits per heavy atom. The zero-order chi connectivity index (χ0) is 15.0. The second-order valence-corrected chi connectivity index (χ2v) is 4.92. The highest BCUT2D eigenvalue weighted by molar-refractivity contribution is 5.22. The maximum absolute atomic E-state index is 10.6. The summed E-state index contributed by atoms with van der Waals surface area (Å²) in [6, 6.07) is 18.8. The summed E-state index contributed by atoms with van der Waals surface area (Å²) in [5.74, 6) is 1.44. The summed E-state index contributed by atoms with van der Waals surface area (Å²) < 4.78 is 11.3. The van der Waals surface area contributed by atoms with Gasteiger partial charge in [0.25, 0.3) is 0 Å². The summed E-state index contributed by atoms with van der Waals surface area (Å²) >= 11 is 0. The minimum atomic E-state index is -1.10. The molecule has 21 heavy (non-hydrogen) atoms. The first-order valence-corrected chi connectivity index (χ1v) is 6.91. The maximum atomic E-state index is 10.6. The fourth-order valence-electron chi connectivity index (χ4n) is 1.90. The monoisotopic (exact) mass is 284 g/mol. The van der Waals surface area contributed by atoms with Crippen LogP contribution in [0.1, 0.15) is 6.42 Å². The van der Waals surface area contributed by atoms with E-state index in [1.807, 2.05) is 60.7 Å². The van der Waals surface area contributed by atoms with E-state index in [9.17, 15) is 5.11 Å².